The Hall–Kier alpha value is -1.31. The summed E-state index contributed by atoms with van der Waals surface area (Å²) in [5.74, 6) is 1.08. The van der Waals surface area contributed by atoms with Gasteiger partial charge in [0.05, 0.1) is 7.11 Å². The van der Waals surface area contributed by atoms with Gasteiger partial charge in [-0.2, -0.15) is 0 Å². The lowest BCUT2D eigenvalue weighted by Gasteiger charge is -2.11. The van der Waals surface area contributed by atoms with Crippen LogP contribution in [0, 0.1) is 13.8 Å². The maximum Gasteiger partial charge on any atom is 0.134 e. The van der Waals surface area contributed by atoms with Gasteiger partial charge in [0.25, 0.3) is 0 Å². The highest BCUT2D eigenvalue weighted by molar-refractivity contribution is 5.78. The molecule has 0 aliphatic carbocycles. The van der Waals surface area contributed by atoms with Crippen molar-refractivity contribution in [3.63, 3.8) is 0 Å². The third-order valence-electron chi connectivity index (χ3n) is 2.51. The summed E-state index contributed by atoms with van der Waals surface area (Å²) in [5.41, 5.74) is 3.36. The molecule has 1 aromatic rings. The molecule has 76 valence electrons. The van der Waals surface area contributed by atoms with E-state index < -0.39 is 0 Å². The minimum atomic E-state index is 0.192. The predicted octanol–water partition coefficient (Wildman–Crippen LogP) is 2.44. The van der Waals surface area contributed by atoms with Crippen LogP contribution in [-0.2, 0) is 11.2 Å². The Balaban J connectivity index is 3.10. The minimum Gasteiger partial charge on any atom is -0.496 e. The van der Waals surface area contributed by atoms with Crippen LogP contribution in [0.5, 0.6) is 5.75 Å². The zero-order valence-corrected chi connectivity index (χ0v) is 9.18. The van der Waals surface area contributed by atoms with Crippen LogP contribution < -0.4 is 4.74 Å². The van der Waals surface area contributed by atoms with Crippen LogP contribution in [0.3, 0.4) is 0 Å². The lowest BCUT2D eigenvalue weighted by atomic mass is 9.99. The van der Waals surface area contributed by atoms with E-state index in [1.54, 1.807) is 14.0 Å². The summed E-state index contributed by atoms with van der Waals surface area (Å²) in [7, 11) is 1.66. The first kappa shape index (κ1) is 10.8. The quantitative estimate of drug-likeness (QED) is 0.735. The molecule has 0 N–H and O–H groups in total. The van der Waals surface area contributed by atoms with Crippen molar-refractivity contribution in [1.82, 2.24) is 0 Å². The first-order valence-electron chi connectivity index (χ1n) is 4.68. The van der Waals surface area contributed by atoms with Crippen molar-refractivity contribution in [3.8, 4) is 5.75 Å². The van der Waals surface area contributed by atoms with E-state index >= 15 is 0 Å². The van der Waals surface area contributed by atoms with Gasteiger partial charge in [0.2, 0.25) is 0 Å². The fourth-order valence-corrected chi connectivity index (χ4v) is 1.53. The van der Waals surface area contributed by atoms with Crippen LogP contribution in [-0.4, -0.2) is 12.9 Å². The summed E-state index contributed by atoms with van der Waals surface area (Å²) in [4.78, 5) is 11.0. The zero-order valence-electron chi connectivity index (χ0n) is 9.18. The fraction of sp³-hybridized carbons (Fsp3) is 0.417. The second-order valence-electron chi connectivity index (χ2n) is 3.56. The topological polar surface area (TPSA) is 26.3 Å². The monoisotopic (exact) mass is 192 g/mol. The van der Waals surface area contributed by atoms with Gasteiger partial charge in [-0.3, -0.25) is 4.79 Å². The van der Waals surface area contributed by atoms with Crippen molar-refractivity contribution in [2.45, 2.75) is 27.2 Å². The number of benzene rings is 1. The van der Waals surface area contributed by atoms with Crippen LogP contribution >= 0.6 is 0 Å². The van der Waals surface area contributed by atoms with E-state index in [1.807, 2.05) is 26.0 Å². The average Bonchev–Trinajstić information content (AvgIpc) is 2.13. The molecule has 0 atom stereocenters. The molecule has 14 heavy (non-hydrogen) atoms. The zero-order chi connectivity index (χ0) is 10.7. The van der Waals surface area contributed by atoms with Crippen molar-refractivity contribution in [2.75, 3.05) is 7.11 Å². The number of ether oxygens (including phenoxy) is 1. The Morgan fingerprint density at radius 1 is 1.29 bits per heavy atom. The molecule has 0 aliphatic rings. The van der Waals surface area contributed by atoms with Crippen molar-refractivity contribution in [1.29, 1.82) is 0 Å². The molecule has 0 unspecified atom stereocenters. The van der Waals surface area contributed by atoms with Gasteiger partial charge in [0.1, 0.15) is 11.5 Å². The molecular weight excluding hydrogens is 176 g/mol. The standard InChI is InChI=1S/C12H16O2/c1-8(13)7-11-5-6-12(14-4)10(3)9(11)2/h5-6H,7H2,1-4H3. The highest BCUT2D eigenvalue weighted by atomic mass is 16.5. The summed E-state index contributed by atoms with van der Waals surface area (Å²) in [6.07, 6.45) is 0.511. The SMILES string of the molecule is COc1ccc(CC(C)=O)c(C)c1C. The molecule has 0 radical (unpaired) electrons. The van der Waals surface area contributed by atoms with Gasteiger partial charge >= 0.3 is 0 Å². The summed E-state index contributed by atoms with van der Waals surface area (Å²) in [6.45, 7) is 5.65. The third kappa shape index (κ3) is 2.13. The molecule has 0 bridgehead atoms. The maximum absolute atomic E-state index is 11.0. The van der Waals surface area contributed by atoms with Gasteiger partial charge in [-0.1, -0.05) is 6.07 Å². The number of carbonyl (C=O) groups excluding carboxylic acids is 1. The summed E-state index contributed by atoms with van der Waals surface area (Å²) in [5, 5.41) is 0. The number of Topliss-reactive ketones (excluding diaryl/α,β-unsaturated/α-hetero) is 1. The number of rotatable bonds is 3. The summed E-state index contributed by atoms with van der Waals surface area (Å²) >= 11 is 0. The van der Waals surface area contributed by atoms with Crippen molar-refractivity contribution in [2.24, 2.45) is 0 Å². The second-order valence-corrected chi connectivity index (χ2v) is 3.56. The molecule has 2 heteroatoms. The van der Waals surface area contributed by atoms with E-state index in [9.17, 15) is 4.79 Å². The van der Waals surface area contributed by atoms with Crippen LogP contribution in [0.2, 0.25) is 0 Å². The van der Waals surface area contributed by atoms with Crippen LogP contribution in [0.25, 0.3) is 0 Å². The van der Waals surface area contributed by atoms with Gasteiger partial charge < -0.3 is 4.74 Å². The van der Waals surface area contributed by atoms with Gasteiger partial charge in [-0.05, 0) is 43.5 Å². The van der Waals surface area contributed by atoms with Crippen molar-refractivity contribution >= 4 is 5.78 Å². The van der Waals surface area contributed by atoms with Crippen LogP contribution in [0.1, 0.15) is 23.6 Å². The Morgan fingerprint density at radius 3 is 2.43 bits per heavy atom. The molecule has 0 heterocycles. The van der Waals surface area contributed by atoms with E-state index in [0.29, 0.717) is 6.42 Å². The van der Waals surface area contributed by atoms with Gasteiger partial charge in [-0.25, -0.2) is 0 Å². The number of carbonyl (C=O) groups is 1. The molecule has 2 nitrogen and oxygen atoms in total. The highest BCUT2D eigenvalue weighted by Gasteiger charge is 2.07. The van der Waals surface area contributed by atoms with Gasteiger partial charge in [0.15, 0.2) is 0 Å². The summed E-state index contributed by atoms with van der Waals surface area (Å²) in [6, 6.07) is 3.88. The smallest absolute Gasteiger partial charge is 0.134 e. The number of hydrogen-bond donors (Lipinski definition) is 0. The largest absolute Gasteiger partial charge is 0.496 e. The van der Waals surface area contributed by atoms with Gasteiger partial charge in [0, 0.05) is 6.42 Å². The molecule has 0 fully saturated rings. The highest BCUT2D eigenvalue weighted by Crippen LogP contribution is 2.24. The molecule has 0 amide bonds. The van der Waals surface area contributed by atoms with Gasteiger partial charge in [-0.15, -0.1) is 0 Å². The first-order valence-corrected chi connectivity index (χ1v) is 4.68. The van der Waals surface area contributed by atoms with Crippen LogP contribution in [0.15, 0.2) is 12.1 Å². The van der Waals surface area contributed by atoms with E-state index in [4.69, 9.17) is 4.74 Å². The first-order chi connectivity index (χ1) is 6.56. The molecule has 0 spiro atoms. The lowest BCUT2D eigenvalue weighted by Crippen LogP contribution is -2.01. The molecule has 0 saturated carbocycles. The van der Waals surface area contributed by atoms with E-state index in [1.165, 1.54) is 0 Å². The van der Waals surface area contributed by atoms with E-state index in [-0.39, 0.29) is 5.78 Å². The minimum absolute atomic E-state index is 0.192. The van der Waals surface area contributed by atoms with Crippen molar-refractivity contribution < 1.29 is 9.53 Å². The fourth-order valence-electron chi connectivity index (χ4n) is 1.53. The molecule has 1 aromatic carbocycles. The Bertz CT molecular complexity index is 354. The average molecular weight is 192 g/mol. The molecule has 0 saturated heterocycles. The number of hydrogen-bond acceptors (Lipinski definition) is 2. The van der Waals surface area contributed by atoms with Crippen molar-refractivity contribution in [3.05, 3.63) is 28.8 Å². The molecular formula is C12H16O2. The van der Waals surface area contributed by atoms with Crippen LogP contribution in [0.4, 0.5) is 0 Å². The summed E-state index contributed by atoms with van der Waals surface area (Å²) < 4.78 is 5.20. The Labute approximate surface area is 84.9 Å². The third-order valence-corrected chi connectivity index (χ3v) is 2.51. The van der Waals surface area contributed by atoms with E-state index in [0.717, 1.165) is 22.4 Å². The maximum atomic E-state index is 11.0. The molecule has 1 rings (SSSR count). The van der Waals surface area contributed by atoms with E-state index in [2.05, 4.69) is 0 Å². The molecule has 0 aromatic heterocycles. The normalized spacial score (nSPS) is 10.0. The lowest BCUT2D eigenvalue weighted by molar-refractivity contribution is -0.116. The molecule has 0 aliphatic heterocycles. The Kier molecular flexibility index (Phi) is 3.28. The number of methoxy groups -OCH3 is 1. The number of ketones is 1. The Morgan fingerprint density at radius 2 is 1.93 bits per heavy atom. The predicted molar refractivity (Wildman–Crippen MR) is 56.9 cm³/mol. The second kappa shape index (κ2) is 4.27.